The number of fused-ring (bicyclic) bond motifs is 1. The molecule has 50 valence electrons. The Kier molecular flexibility index (Phi) is 1.14. The molecule has 9 heavy (non-hydrogen) atoms. The second-order valence-electron chi connectivity index (χ2n) is 3.61. The Hall–Kier alpha value is -0.260. The third-order valence-corrected chi connectivity index (χ3v) is 2.92. The zero-order valence-electron chi connectivity index (χ0n) is 5.90. The summed E-state index contributed by atoms with van der Waals surface area (Å²) < 4.78 is 0. The van der Waals surface area contributed by atoms with Crippen LogP contribution in [0.2, 0.25) is 0 Å². The van der Waals surface area contributed by atoms with E-state index in [1.807, 2.05) is 0 Å². The van der Waals surface area contributed by atoms with Crippen LogP contribution in [0.25, 0.3) is 0 Å². The summed E-state index contributed by atoms with van der Waals surface area (Å²) in [5, 5.41) is 0. The molecule has 0 heteroatoms. The van der Waals surface area contributed by atoms with Gasteiger partial charge < -0.3 is 0 Å². The number of allylic oxidation sites excluding steroid dienone is 1. The molecule has 0 heterocycles. The minimum atomic E-state index is 1.05. The topological polar surface area (TPSA) is 0 Å². The van der Waals surface area contributed by atoms with Crippen molar-refractivity contribution in [2.45, 2.75) is 32.1 Å². The van der Waals surface area contributed by atoms with Gasteiger partial charge in [-0.05, 0) is 37.5 Å². The Balaban J connectivity index is 2.09. The van der Waals surface area contributed by atoms with E-state index >= 15 is 0 Å². The van der Waals surface area contributed by atoms with Gasteiger partial charge in [-0.2, -0.15) is 0 Å². The summed E-state index contributed by atoms with van der Waals surface area (Å²) in [4.78, 5) is 0. The Morgan fingerprint density at radius 1 is 1.11 bits per heavy atom. The average Bonchev–Trinajstić information content (AvgIpc) is 2.22. The Morgan fingerprint density at radius 2 is 1.67 bits per heavy atom. The summed E-state index contributed by atoms with van der Waals surface area (Å²) in [7, 11) is 0. The van der Waals surface area contributed by atoms with Crippen molar-refractivity contribution >= 4 is 0 Å². The molecule has 0 spiro atoms. The van der Waals surface area contributed by atoms with E-state index in [0.717, 1.165) is 11.8 Å². The van der Waals surface area contributed by atoms with Gasteiger partial charge in [0.25, 0.3) is 0 Å². The fourth-order valence-electron chi connectivity index (χ4n) is 2.48. The van der Waals surface area contributed by atoms with Crippen LogP contribution in [0.1, 0.15) is 32.1 Å². The van der Waals surface area contributed by atoms with Crippen LogP contribution in [0.3, 0.4) is 0 Å². The smallest absolute Gasteiger partial charge is 0.0292 e. The molecule has 0 aromatic heterocycles. The van der Waals surface area contributed by atoms with Gasteiger partial charge in [-0.25, -0.2) is 0 Å². The first-order valence-corrected chi connectivity index (χ1v) is 4.03. The summed E-state index contributed by atoms with van der Waals surface area (Å²) in [5.74, 6) is 2.11. The lowest BCUT2D eigenvalue weighted by Gasteiger charge is -2.04. The number of hydrogen-bond donors (Lipinski definition) is 0. The first-order valence-electron chi connectivity index (χ1n) is 4.03. The number of rotatable bonds is 0. The van der Waals surface area contributed by atoms with Crippen LogP contribution in [0.4, 0.5) is 0 Å². The van der Waals surface area contributed by atoms with Crippen molar-refractivity contribution in [3.63, 3.8) is 0 Å². The van der Waals surface area contributed by atoms with Crippen LogP contribution in [-0.2, 0) is 0 Å². The lowest BCUT2D eigenvalue weighted by Crippen LogP contribution is -1.95. The Bertz CT molecular complexity index is 121. The summed E-state index contributed by atoms with van der Waals surface area (Å²) >= 11 is 0. The molecule has 2 saturated carbocycles. The van der Waals surface area contributed by atoms with Crippen molar-refractivity contribution in [3.8, 4) is 0 Å². The zero-order chi connectivity index (χ0) is 6.27. The molecule has 0 N–H and O–H groups in total. The predicted octanol–water partition coefficient (Wildman–Crippen LogP) is 2.75. The maximum Gasteiger partial charge on any atom is -0.0292 e. The summed E-state index contributed by atoms with van der Waals surface area (Å²) in [5.41, 5.74) is 1.52. The quantitative estimate of drug-likeness (QED) is 0.433. The van der Waals surface area contributed by atoms with Crippen molar-refractivity contribution in [2.75, 3.05) is 0 Å². The third kappa shape index (κ3) is 0.810. The highest BCUT2D eigenvalue weighted by molar-refractivity contribution is 5.07. The third-order valence-electron chi connectivity index (χ3n) is 2.92. The standard InChI is InChI=1S/C9H14/c1-7-5-8-3-2-4-9(8)6-7/h8-9H,1-6H2/t8-,9+. The van der Waals surface area contributed by atoms with E-state index in [1.54, 1.807) is 0 Å². The molecule has 0 amide bonds. The first-order chi connectivity index (χ1) is 4.36. The van der Waals surface area contributed by atoms with Crippen molar-refractivity contribution in [3.05, 3.63) is 12.2 Å². The van der Waals surface area contributed by atoms with Crippen LogP contribution in [0, 0.1) is 11.8 Å². The molecule has 0 bridgehead atoms. The Labute approximate surface area is 57.0 Å². The van der Waals surface area contributed by atoms with Crippen LogP contribution >= 0.6 is 0 Å². The SMILES string of the molecule is C=C1C[C@H]2CCC[C@H]2C1. The average molecular weight is 122 g/mol. The van der Waals surface area contributed by atoms with Crippen LogP contribution in [0.15, 0.2) is 12.2 Å². The highest BCUT2D eigenvalue weighted by atomic mass is 14.4. The maximum atomic E-state index is 4.04. The van der Waals surface area contributed by atoms with Crippen molar-refractivity contribution in [1.82, 2.24) is 0 Å². The fourth-order valence-corrected chi connectivity index (χ4v) is 2.48. The zero-order valence-corrected chi connectivity index (χ0v) is 5.90. The van der Waals surface area contributed by atoms with E-state index in [-0.39, 0.29) is 0 Å². The molecule has 2 aliphatic rings. The predicted molar refractivity (Wildman–Crippen MR) is 39.2 cm³/mol. The van der Waals surface area contributed by atoms with E-state index in [4.69, 9.17) is 0 Å². The molecule has 2 rings (SSSR count). The van der Waals surface area contributed by atoms with Gasteiger partial charge in [0.1, 0.15) is 0 Å². The largest absolute Gasteiger partial charge is 0.0998 e. The van der Waals surface area contributed by atoms with Gasteiger partial charge in [-0.1, -0.05) is 18.6 Å². The highest BCUT2D eigenvalue weighted by Gasteiger charge is 2.32. The summed E-state index contributed by atoms with van der Waals surface area (Å²) in [6.45, 7) is 4.04. The molecule has 0 aromatic carbocycles. The molecular formula is C9H14. The molecule has 0 aliphatic heterocycles. The van der Waals surface area contributed by atoms with Crippen molar-refractivity contribution < 1.29 is 0 Å². The van der Waals surface area contributed by atoms with E-state index < -0.39 is 0 Å². The van der Waals surface area contributed by atoms with Gasteiger partial charge in [0, 0.05) is 0 Å². The number of hydrogen-bond acceptors (Lipinski definition) is 0. The van der Waals surface area contributed by atoms with Crippen LogP contribution in [0.5, 0.6) is 0 Å². The van der Waals surface area contributed by atoms with Gasteiger partial charge in [-0.15, -0.1) is 0 Å². The van der Waals surface area contributed by atoms with E-state index in [2.05, 4.69) is 6.58 Å². The van der Waals surface area contributed by atoms with E-state index in [0.29, 0.717) is 0 Å². The van der Waals surface area contributed by atoms with Gasteiger partial charge in [-0.3, -0.25) is 0 Å². The fraction of sp³-hybridized carbons (Fsp3) is 0.778. The molecule has 0 saturated heterocycles. The van der Waals surface area contributed by atoms with Crippen LogP contribution in [-0.4, -0.2) is 0 Å². The van der Waals surface area contributed by atoms with E-state index in [1.165, 1.54) is 37.7 Å². The highest BCUT2D eigenvalue weighted by Crippen LogP contribution is 2.45. The monoisotopic (exact) mass is 122 g/mol. The van der Waals surface area contributed by atoms with Gasteiger partial charge in [0.15, 0.2) is 0 Å². The molecule has 0 radical (unpaired) electrons. The lowest BCUT2D eigenvalue weighted by molar-refractivity contribution is 0.457. The Morgan fingerprint density at radius 3 is 2.22 bits per heavy atom. The molecule has 0 nitrogen and oxygen atoms in total. The van der Waals surface area contributed by atoms with Crippen LogP contribution < -0.4 is 0 Å². The summed E-state index contributed by atoms with van der Waals surface area (Å²) in [6, 6.07) is 0. The minimum Gasteiger partial charge on any atom is -0.0998 e. The molecule has 0 unspecified atom stereocenters. The molecule has 2 fully saturated rings. The maximum absolute atomic E-state index is 4.04. The molecule has 2 aliphatic carbocycles. The normalized spacial score (nSPS) is 41.6. The van der Waals surface area contributed by atoms with Gasteiger partial charge in [0.2, 0.25) is 0 Å². The van der Waals surface area contributed by atoms with Gasteiger partial charge >= 0.3 is 0 Å². The van der Waals surface area contributed by atoms with Crippen molar-refractivity contribution in [2.24, 2.45) is 11.8 Å². The molecular weight excluding hydrogens is 108 g/mol. The van der Waals surface area contributed by atoms with Gasteiger partial charge in [0.05, 0.1) is 0 Å². The molecule has 2 atom stereocenters. The first kappa shape index (κ1) is 5.52. The molecule has 0 aromatic rings. The second kappa shape index (κ2) is 1.86. The summed E-state index contributed by atoms with van der Waals surface area (Å²) in [6.07, 6.45) is 7.17. The minimum absolute atomic E-state index is 1.05. The second-order valence-corrected chi connectivity index (χ2v) is 3.61. The van der Waals surface area contributed by atoms with E-state index in [9.17, 15) is 0 Å². The van der Waals surface area contributed by atoms with Crippen molar-refractivity contribution in [1.29, 1.82) is 0 Å². The lowest BCUT2D eigenvalue weighted by atomic mass is 10.0.